The Morgan fingerprint density at radius 2 is 1.33 bits per heavy atom. The maximum absolute atomic E-state index is 12.2. The summed E-state index contributed by atoms with van der Waals surface area (Å²) in [7, 11) is 1.36. The average molecular weight is 621 g/mol. The number of ether oxygens (including phenoxy) is 2. The lowest BCUT2D eigenvalue weighted by molar-refractivity contribution is -0.870. The molecule has 0 aromatic heterocycles. The highest BCUT2D eigenvalue weighted by molar-refractivity contribution is 7.47. The number of rotatable bonds is 29. The molecule has 0 rings (SSSR count). The summed E-state index contributed by atoms with van der Waals surface area (Å²) in [5, 5.41) is 0. The van der Waals surface area contributed by atoms with Gasteiger partial charge in [-0.25, -0.2) is 4.57 Å². The molecule has 0 saturated heterocycles. The average Bonchev–Trinajstić information content (AvgIpc) is 2.91. The topological polar surface area (TPSA) is 125 Å². The first-order valence-electron chi connectivity index (χ1n) is 15.8. The van der Waals surface area contributed by atoms with Crippen molar-refractivity contribution >= 4 is 26.0 Å². The maximum atomic E-state index is 12.2. The lowest BCUT2D eigenvalue weighted by Gasteiger charge is -2.24. The number of phosphoric ester groups is 1. The van der Waals surface area contributed by atoms with E-state index in [1.807, 2.05) is 21.1 Å². The summed E-state index contributed by atoms with van der Waals surface area (Å²) in [6.07, 6.45) is 20.1. The molecule has 1 N–H and O–H groups in total. The van der Waals surface area contributed by atoms with Crippen LogP contribution in [0.15, 0.2) is 12.2 Å². The summed E-state index contributed by atoms with van der Waals surface area (Å²) in [6.45, 7) is 1.94. The number of esters is 2. The zero-order chi connectivity index (χ0) is 31.5. The smallest absolute Gasteiger partial charge is 0.462 e. The third-order valence-corrected chi connectivity index (χ3v) is 7.50. The van der Waals surface area contributed by atoms with Crippen molar-refractivity contribution in [1.29, 1.82) is 0 Å². The molecule has 0 spiro atoms. The van der Waals surface area contributed by atoms with Gasteiger partial charge in [0.15, 0.2) is 6.10 Å². The molecular formula is C31H59NO9P+. The van der Waals surface area contributed by atoms with Crippen molar-refractivity contribution < 1.29 is 46.8 Å². The second kappa shape index (κ2) is 25.9. The number of phosphoric acid groups is 1. The third-order valence-electron chi connectivity index (χ3n) is 6.51. The van der Waals surface area contributed by atoms with Gasteiger partial charge in [0.1, 0.15) is 26.0 Å². The molecule has 246 valence electrons. The standard InChI is InChI=1S/C31H58NO9P/c1-5-6-7-8-9-10-11-12-13-14-15-16-17-18-19-22-30(34)38-27-29(41-31(35)23-20-21-25-33)28-40-42(36,37)39-26-24-32(2,3)4/h12-13,25,29H,5-11,14-24,26-28H2,1-4H3/p+1/b13-12-/t29-/m1/s1. The van der Waals surface area contributed by atoms with Crippen molar-refractivity contribution in [2.45, 2.75) is 122 Å². The quantitative estimate of drug-likeness (QED) is 0.0243. The van der Waals surface area contributed by atoms with Crippen molar-refractivity contribution in [1.82, 2.24) is 0 Å². The Bertz CT molecular complexity index is 783. The van der Waals surface area contributed by atoms with E-state index in [1.165, 1.54) is 44.9 Å². The Hall–Kier alpha value is -1.58. The van der Waals surface area contributed by atoms with Crippen LogP contribution in [0.2, 0.25) is 0 Å². The number of aldehydes is 1. The molecule has 0 aliphatic rings. The highest BCUT2D eigenvalue weighted by Gasteiger charge is 2.27. The molecule has 42 heavy (non-hydrogen) atoms. The Labute approximate surface area is 254 Å². The number of unbranched alkanes of at least 4 members (excludes halogenated alkanes) is 12. The predicted molar refractivity (Wildman–Crippen MR) is 165 cm³/mol. The molecule has 1 unspecified atom stereocenters. The SMILES string of the molecule is CCCCCCCC/C=C\CCCCCCCC(=O)OC[C@H](COP(=O)(O)OCC[N+](C)(C)C)OC(=O)CCCC=O. The van der Waals surface area contributed by atoms with Crippen LogP contribution in [0.25, 0.3) is 0 Å². The number of nitrogens with zero attached hydrogens (tertiary/aromatic N) is 1. The van der Waals surface area contributed by atoms with Gasteiger partial charge in [-0.3, -0.25) is 18.6 Å². The van der Waals surface area contributed by atoms with E-state index in [4.69, 9.17) is 18.5 Å². The zero-order valence-corrected chi connectivity index (χ0v) is 27.7. The number of hydrogen-bond acceptors (Lipinski definition) is 8. The lowest BCUT2D eigenvalue weighted by Crippen LogP contribution is -2.37. The van der Waals surface area contributed by atoms with Crippen LogP contribution in [-0.2, 0) is 37.5 Å². The summed E-state index contributed by atoms with van der Waals surface area (Å²) in [5.74, 6) is -1.04. The van der Waals surface area contributed by atoms with E-state index in [1.54, 1.807) is 0 Å². The number of carbonyl (C=O) groups is 3. The molecule has 2 atom stereocenters. The van der Waals surface area contributed by atoms with E-state index in [2.05, 4.69) is 19.1 Å². The van der Waals surface area contributed by atoms with Gasteiger partial charge in [0.2, 0.25) is 0 Å². The molecule has 10 nitrogen and oxygen atoms in total. The fourth-order valence-electron chi connectivity index (χ4n) is 3.93. The summed E-state index contributed by atoms with van der Waals surface area (Å²) >= 11 is 0. The number of likely N-dealkylation sites (N-methyl/N-ethyl adjacent to an activating group) is 1. The van der Waals surface area contributed by atoms with Crippen LogP contribution in [0, 0.1) is 0 Å². The van der Waals surface area contributed by atoms with Gasteiger partial charge in [-0.1, -0.05) is 70.4 Å². The molecule has 0 aromatic rings. The highest BCUT2D eigenvalue weighted by atomic mass is 31.2. The number of carbonyl (C=O) groups excluding carboxylic acids is 3. The van der Waals surface area contributed by atoms with Crippen LogP contribution in [0.4, 0.5) is 0 Å². The second-order valence-corrected chi connectivity index (χ2v) is 13.3. The molecule has 11 heteroatoms. The van der Waals surface area contributed by atoms with Crippen LogP contribution in [-0.4, -0.2) is 81.2 Å². The third kappa shape index (κ3) is 28.5. The molecule has 0 aliphatic heterocycles. The second-order valence-electron chi connectivity index (χ2n) is 11.8. The molecule has 0 fully saturated rings. The van der Waals surface area contributed by atoms with Gasteiger partial charge in [-0.2, -0.15) is 0 Å². The molecule has 0 bridgehead atoms. The first-order chi connectivity index (χ1) is 20.0. The molecule has 0 aromatic carbocycles. The fourth-order valence-corrected chi connectivity index (χ4v) is 4.68. The Kier molecular flexibility index (Phi) is 24.9. The van der Waals surface area contributed by atoms with Gasteiger partial charge < -0.3 is 23.6 Å². The Balaban J connectivity index is 4.25. The molecular weight excluding hydrogens is 561 g/mol. The molecule has 0 heterocycles. The van der Waals surface area contributed by atoms with Crippen molar-refractivity contribution in [3.63, 3.8) is 0 Å². The van der Waals surface area contributed by atoms with E-state index >= 15 is 0 Å². The predicted octanol–water partition coefficient (Wildman–Crippen LogP) is 6.69. The first kappa shape index (κ1) is 40.4. The maximum Gasteiger partial charge on any atom is 0.472 e. The molecule has 0 aliphatic carbocycles. The minimum atomic E-state index is -4.39. The molecule has 0 radical (unpaired) electrons. The highest BCUT2D eigenvalue weighted by Crippen LogP contribution is 2.43. The van der Waals surface area contributed by atoms with E-state index in [9.17, 15) is 23.8 Å². The van der Waals surface area contributed by atoms with Gasteiger partial charge in [0, 0.05) is 19.3 Å². The van der Waals surface area contributed by atoms with E-state index < -0.39 is 32.5 Å². The number of allylic oxidation sites excluding steroid dienone is 2. The largest absolute Gasteiger partial charge is 0.472 e. The van der Waals surface area contributed by atoms with Crippen LogP contribution in [0.5, 0.6) is 0 Å². The van der Waals surface area contributed by atoms with E-state index in [-0.39, 0.29) is 32.5 Å². The Morgan fingerprint density at radius 1 is 0.762 bits per heavy atom. The van der Waals surface area contributed by atoms with Crippen molar-refractivity contribution in [2.75, 3.05) is 47.5 Å². The van der Waals surface area contributed by atoms with Gasteiger partial charge >= 0.3 is 19.8 Å². The lowest BCUT2D eigenvalue weighted by atomic mass is 10.1. The van der Waals surface area contributed by atoms with Crippen molar-refractivity contribution in [3.05, 3.63) is 12.2 Å². The van der Waals surface area contributed by atoms with Crippen molar-refractivity contribution in [2.24, 2.45) is 0 Å². The van der Waals surface area contributed by atoms with Crippen LogP contribution in [0.1, 0.15) is 116 Å². The van der Waals surface area contributed by atoms with E-state index in [0.29, 0.717) is 30.2 Å². The number of hydrogen-bond donors (Lipinski definition) is 1. The number of quaternary nitrogens is 1. The minimum absolute atomic E-state index is 0.00162. The summed E-state index contributed by atoms with van der Waals surface area (Å²) in [5.41, 5.74) is 0. The van der Waals surface area contributed by atoms with Gasteiger partial charge in [0.25, 0.3) is 0 Å². The first-order valence-corrected chi connectivity index (χ1v) is 17.3. The van der Waals surface area contributed by atoms with Gasteiger partial charge in [0.05, 0.1) is 27.7 Å². The zero-order valence-electron chi connectivity index (χ0n) is 26.8. The molecule has 0 saturated carbocycles. The fraction of sp³-hybridized carbons (Fsp3) is 0.839. The van der Waals surface area contributed by atoms with Crippen LogP contribution < -0.4 is 0 Å². The van der Waals surface area contributed by atoms with E-state index in [0.717, 1.165) is 32.1 Å². The van der Waals surface area contributed by atoms with Crippen molar-refractivity contribution in [3.8, 4) is 0 Å². The Morgan fingerprint density at radius 3 is 1.93 bits per heavy atom. The summed E-state index contributed by atoms with van der Waals surface area (Å²) in [6, 6.07) is 0. The van der Waals surface area contributed by atoms with Gasteiger partial charge in [-0.05, 0) is 38.5 Å². The van der Waals surface area contributed by atoms with Crippen LogP contribution >= 0.6 is 7.82 Å². The monoisotopic (exact) mass is 620 g/mol. The summed E-state index contributed by atoms with van der Waals surface area (Å²) < 4.78 is 33.3. The normalized spacial score (nSPS) is 14.0. The van der Waals surface area contributed by atoms with Gasteiger partial charge in [-0.15, -0.1) is 0 Å². The molecule has 0 amide bonds. The summed E-state index contributed by atoms with van der Waals surface area (Å²) in [4.78, 5) is 44.8. The van der Waals surface area contributed by atoms with Crippen LogP contribution in [0.3, 0.4) is 0 Å². The minimum Gasteiger partial charge on any atom is -0.462 e.